The van der Waals surface area contributed by atoms with E-state index in [4.69, 9.17) is 5.73 Å². The number of nitrogens with zero attached hydrogens (tertiary/aromatic N) is 2. The van der Waals surface area contributed by atoms with Crippen LogP contribution in [0.4, 0.5) is 0 Å². The molecule has 19 heavy (non-hydrogen) atoms. The van der Waals surface area contributed by atoms with E-state index in [2.05, 4.69) is 34.0 Å². The van der Waals surface area contributed by atoms with E-state index in [9.17, 15) is 0 Å². The molecule has 0 aliphatic carbocycles. The zero-order valence-electron chi connectivity index (χ0n) is 10.6. The second-order valence-corrected chi connectivity index (χ2v) is 5.31. The first-order chi connectivity index (χ1) is 9.26. The highest BCUT2D eigenvalue weighted by atomic mass is 32.2. The first-order valence-corrected chi connectivity index (χ1v) is 6.86. The molecule has 0 saturated carbocycles. The molecule has 0 atom stereocenters. The van der Waals surface area contributed by atoms with Gasteiger partial charge in [-0.25, -0.2) is 9.97 Å². The molecule has 0 spiro atoms. The summed E-state index contributed by atoms with van der Waals surface area (Å²) in [5.41, 5.74) is 9.98. The zero-order chi connectivity index (χ0) is 13.2. The summed E-state index contributed by atoms with van der Waals surface area (Å²) < 4.78 is 0. The van der Waals surface area contributed by atoms with Gasteiger partial charge < -0.3 is 10.7 Å². The summed E-state index contributed by atoms with van der Waals surface area (Å²) in [5, 5.41) is 1.75. The molecule has 0 saturated heterocycles. The van der Waals surface area contributed by atoms with Crippen LogP contribution in [-0.4, -0.2) is 15.0 Å². The lowest BCUT2D eigenvalue weighted by Crippen LogP contribution is -1.99. The Morgan fingerprint density at radius 1 is 1.32 bits per heavy atom. The lowest BCUT2D eigenvalue weighted by atomic mass is 10.2. The average molecular weight is 270 g/mol. The van der Waals surface area contributed by atoms with Crippen molar-refractivity contribution in [2.75, 3.05) is 0 Å². The van der Waals surface area contributed by atoms with Gasteiger partial charge in [0.2, 0.25) is 0 Å². The highest BCUT2D eigenvalue weighted by Gasteiger charge is 2.08. The Morgan fingerprint density at radius 3 is 3.05 bits per heavy atom. The molecule has 0 aliphatic heterocycles. The molecular weight excluding hydrogens is 256 g/mol. The van der Waals surface area contributed by atoms with Crippen molar-refractivity contribution >= 4 is 22.8 Å². The fraction of sp³-hybridized carbons (Fsp3) is 0.143. The van der Waals surface area contributed by atoms with E-state index in [-0.39, 0.29) is 0 Å². The number of pyridine rings is 1. The van der Waals surface area contributed by atoms with Crippen LogP contribution in [0.25, 0.3) is 11.0 Å². The molecule has 3 rings (SSSR count). The van der Waals surface area contributed by atoms with Crippen molar-refractivity contribution < 1.29 is 0 Å². The minimum atomic E-state index is 0.482. The van der Waals surface area contributed by atoms with Crippen molar-refractivity contribution in [1.82, 2.24) is 15.0 Å². The zero-order valence-corrected chi connectivity index (χ0v) is 11.4. The number of aromatic amines is 1. The Balaban J connectivity index is 1.96. The molecule has 3 aromatic rings. The number of aromatic nitrogens is 3. The predicted molar refractivity (Wildman–Crippen MR) is 77.1 cm³/mol. The van der Waals surface area contributed by atoms with Crippen molar-refractivity contribution in [3.05, 3.63) is 47.7 Å². The van der Waals surface area contributed by atoms with Crippen LogP contribution in [0, 0.1) is 6.92 Å². The van der Waals surface area contributed by atoms with Gasteiger partial charge in [0.05, 0.1) is 11.0 Å². The summed E-state index contributed by atoms with van der Waals surface area (Å²) >= 11 is 1.51. The number of fused-ring (bicyclic) bond motifs is 1. The van der Waals surface area contributed by atoms with E-state index in [0.29, 0.717) is 6.54 Å². The van der Waals surface area contributed by atoms with Gasteiger partial charge in [-0.05, 0) is 48.0 Å². The summed E-state index contributed by atoms with van der Waals surface area (Å²) in [4.78, 5) is 12.2. The van der Waals surface area contributed by atoms with Gasteiger partial charge in [-0.1, -0.05) is 12.1 Å². The normalized spacial score (nSPS) is 11.1. The van der Waals surface area contributed by atoms with E-state index in [1.807, 2.05) is 18.2 Å². The summed E-state index contributed by atoms with van der Waals surface area (Å²) in [6, 6.07) is 10.1. The molecule has 0 unspecified atom stereocenters. The Kier molecular flexibility index (Phi) is 3.23. The van der Waals surface area contributed by atoms with E-state index in [1.165, 1.54) is 17.3 Å². The Morgan fingerprint density at radius 2 is 2.21 bits per heavy atom. The monoisotopic (exact) mass is 270 g/mol. The molecular formula is C14H14N4S. The molecule has 96 valence electrons. The quantitative estimate of drug-likeness (QED) is 0.768. The Hall–Kier alpha value is -1.85. The van der Waals surface area contributed by atoms with E-state index < -0.39 is 0 Å². The fourth-order valence-corrected chi connectivity index (χ4v) is 2.80. The first kappa shape index (κ1) is 12.2. The van der Waals surface area contributed by atoms with Gasteiger partial charge in [0.15, 0.2) is 5.16 Å². The maximum Gasteiger partial charge on any atom is 0.172 e. The van der Waals surface area contributed by atoms with Crippen LogP contribution < -0.4 is 5.73 Å². The van der Waals surface area contributed by atoms with Crippen LogP contribution >= 0.6 is 11.8 Å². The molecule has 1 aromatic carbocycles. The number of H-pyrrole nitrogens is 1. The minimum Gasteiger partial charge on any atom is -0.333 e. The molecule has 5 heteroatoms. The number of nitrogens with two attached hydrogens (primary N) is 1. The number of aryl methyl sites for hydroxylation is 1. The number of nitrogens with one attached hydrogen (secondary N) is 1. The molecule has 0 amide bonds. The van der Waals surface area contributed by atoms with Crippen LogP contribution in [0.2, 0.25) is 0 Å². The minimum absolute atomic E-state index is 0.482. The fourth-order valence-electron chi connectivity index (χ4n) is 1.91. The molecule has 4 nitrogen and oxygen atoms in total. The van der Waals surface area contributed by atoms with Crippen LogP contribution in [0.1, 0.15) is 11.1 Å². The van der Waals surface area contributed by atoms with Gasteiger partial charge in [-0.3, -0.25) is 0 Å². The van der Waals surface area contributed by atoms with Gasteiger partial charge in [0, 0.05) is 12.7 Å². The maximum absolute atomic E-state index is 5.72. The molecule has 3 N–H and O–H groups in total. The third-order valence-electron chi connectivity index (χ3n) is 2.88. The third-order valence-corrected chi connectivity index (χ3v) is 3.83. The van der Waals surface area contributed by atoms with Crippen molar-refractivity contribution in [2.45, 2.75) is 23.7 Å². The number of benzene rings is 1. The largest absolute Gasteiger partial charge is 0.333 e. The van der Waals surface area contributed by atoms with Crippen molar-refractivity contribution in [1.29, 1.82) is 0 Å². The Bertz CT molecular complexity index is 720. The standard InChI is InChI=1S/C14H14N4S/c1-9-4-5-11-12(7-9)18-14(17-11)19-13-10(8-15)3-2-6-16-13/h2-7H,8,15H2,1H3,(H,17,18). The highest BCUT2D eigenvalue weighted by Crippen LogP contribution is 2.28. The summed E-state index contributed by atoms with van der Waals surface area (Å²) in [5.74, 6) is 0. The number of rotatable bonds is 3. The Labute approximate surface area is 115 Å². The third kappa shape index (κ3) is 2.47. The SMILES string of the molecule is Cc1ccc2nc(Sc3ncccc3CN)[nH]c2c1. The summed E-state index contributed by atoms with van der Waals surface area (Å²) in [6.07, 6.45) is 1.77. The first-order valence-electron chi connectivity index (χ1n) is 6.04. The molecule has 0 radical (unpaired) electrons. The van der Waals surface area contributed by atoms with Gasteiger partial charge in [-0.2, -0.15) is 0 Å². The van der Waals surface area contributed by atoms with Crippen molar-refractivity contribution in [3.63, 3.8) is 0 Å². The van der Waals surface area contributed by atoms with E-state index >= 15 is 0 Å². The van der Waals surface area contributed by atoms with E-state index in [0.717, 1.165) is 26.8 Å². The van der Waals surface area contributed by atoms with Crippen molar-refractivity contribution in [3.8, 4) is 0 Å². The average Bonchev–Trinajstić information content (AvgIpc) is 2.80. The van der Waals surface area contributed by atoms with Gasteiger partial charge >= 0.3 is 0 Å². The second-order valence-electron chi connectivity index (χ2n) is 4.34. The molecule has 0 aliphatic rings. The second kappa shape index (κ2) is 5.03. The van der Waals surface area contributed by atoms with E-state index in [1.54, 1.807) is 6.20 Å². The number of hydrogen-bond donors (Lipinski definition) is 2. The summed E-state index contributed by atoms with van der Waals surface area (Å²) in [7, 11) is 0. The van der Waals surface area contributed by atoms with Crippen molar-refractivity contribution in [2.24, 2.45) is 5.73 Å². The molecule has 2 aromatic heterocycles. The molecule has 0 fully saturated rings. The van der Waals surface area contributed by atoms with Crippen LogP contribution in [0.5, 0.6) is 0 Å². The maximum atomic E-state index is 5.72. The van der Waals surface area contributed by atoms with Crippen LogP contribution in [0.3, 0.4) is 0 Å². The smallest absolute Gasteiger partial charge is 0.172 e. The lowest BCUT2D eigenvalue weighted by Gasteiger charge is -2.02. The molecule has 2 heterocycles. The predicted octanol–water partition coefficient (Wildman–Crippen LogP) is 2.88. The highest BCUT2D eigenvalue weighted by molar-refractivity contribution is 7.99. The van der Waals surface area contributed by atoms with Gasteiger partial charge in [0.1, 0.15) is 5.03 Å². The van der Waals surface area contributed by atoms with Gasteiger partial charge in [0.25, 0.3) is 0 Å². The molecule has 0 bridgehead atoms. The summed E-state index contributed by atoms with van der Waals surface area (Å²) in [6.45, 7) is 2.55. The lowest BCUT2D eigenvalue weighted by molar-refractivity contribution is 0.955. The van der Waals surface area contributed by atoms with Crippen LogP contribution in [-0.2, 0) is 6.54 Å². The van der Waals surface area contributed by atoms with Gasteiger partial charge in [-0.15, -0.1) is 0 Å². The number of imidazole rings is 1. The van der Waals surface area contributed by atoms with Crippen LogP contribution in [0.15, 0.2) is 46.7 Å². The topological polar surface area (TPSA) is 67.6 Å². The number of hydrogen-bond acceptors (Lipinski definition) is 4.